The van der Waals surface area contributed by atoms with Gasteiger partial charge in [0.1, 0.15) is 0 Å². The van der Waals surface area contributed by atoms with Crippen LogP contribution in [-0.2, 0) is 9.53 Å². The second-order valence-electron chi connectivity index (χ2n) is 4.92. The van der Waals surface area contributed by atoms with Crippen LogP contribution in [0, 0.1) is 0 Å². The number of carbonyl (C=O) groups is 2. The third-order valence-corrected chi connectivity index (χ3v) is 2.94. The van der Waals surface area contributed by atoms with Gasteiger partial charge in [-0.15, -0.1) is 12.4 Å². The van der Waals surface area contributed by atoms with Gasteiger partial charge in [0.25, 0.3) is 0 Å². The maximum absolute atomic E-state index is 12.0. The normalized spacial score (nSPS) is 12.8. The molecular weight excluding hydrogens is 292 g/mol. The number of esters is 1. The highest BCUT2D eigenvalue weighted by atomic mass is 35.5. The highest BCUT2D eigenvalue weighted by Crippen LogP contribution is 2.15. The fraction of sp³-hybridized carbons (Fsp3) is 0.467. The first kappa shape index (κ1) is 19.4. The van der Waals surface area contributed by atoms with E-state index in [0.29, 0.717) is 24.3 Å². The molecule has 6 heteroatoms. The predicted molar refractivity (Wildman–Crippen MR) is 85.8 cm³/mol. The lowest BCUT2D eigenvalue weighted by atomic mass is 9.96. The Kier molecular flexibility index (Phi) is 7.99. The summed E-state index contributed by atoms with van der Waals surface area (Å²) in [5.41, 5.74) is 6.12. The Bertz CT molecular complexity index is 472. The number of halogens is 1. The molecule has 118 valence electrons. The van der Waals surface area contributed by atoms with Crippen molar-refractivity contribution in [3.05, 3.63) is 29.8 Å². The van der Waals surface area contributed by atoms with E-state index in [2.05, 4.69) is 5.32 Å². The topological polar surface area (TPSA) is 81.4 Å². The van der Waals surface area contributed by atoms with E-state index in [1.54, 1.807) is 38.1 Å². The van der Waals surface area contributed by atoms with Gasteiger partial charge in [0.15, 0.2) is 0 Å². The van der Waals surface area contributed by atoms with E-state index in [4.69, 9.17) is 10.5 Å². The lowest BCUT2D eigenvalue weighted by molar-refractivity contribution is -0.120. The van der Waals surface area contributed by atoms with Crippen molar-refractivity contribution >= 4 is 30.0 Å². The molecule has 0 saturated heterocycles. The number of amides is 1. The quantitative estimate of drug-likeness (QED) is 0.791. The van der Waals surface area contributed by atoms with Crippen molar-refractivity contribution in [3.63, 3.8) is 0 Å². The summed E-state index contributed by atoms with van der Waals surface area (Å²) in [6, 6.07) is 6.54. The molecular formula is C15H23ClN2O3. The van der Waals surface area contributed by atoms with E-state index in [1.807, 2.05) is 6.92 Å². The summed E-state index contributed by atoms with van der Waals surface area (Å²) in [6.07, 6.45) is 1.45. The van der Waals surface area contributed by atoms with Crippen LogP contribution in [0.1, 0.15) is 44.0 Å². The Morgan fingerprint density at radius 1 is 1.24 bits per heavy atom. The van der Waals surface area contributed by atoms with Crippen LogP contribution >= 0.6 is 12.4 Å². The molecule has 0 saturated carbocycles. The second kappa shape index (κ2) is 8.64. The molecule has 21 heavy (non-hydrogen) atoms. The Morgan fingerprint density at radius 3 is 2.29 bits per heavy atom. The zero-order chi connectivity index (χ0) is 15.2. The van der Waals surface area contributed by atoms with Crippen molar-refractivity contribution in [2.24, 2.45) is 5.73 Å². The van der Waals surface area contributed by atoms with Crippen LogP contribution in [0.5, 0.6) is 0 Å². The van der Waals surface area contributed by atoms with Crippen LogP contribution in [0.25, 0.3) is 0 Å². The number of ether oxygens (including phenoxy) is 1. The summed E-state index contributed by atoms with van der Waals surface area (Å²) in [7, 11) is 0. The number of benzene rings is 1. The maximum Gasteiger partial charge on any atom is 0.338 e. The molecule has 0 aromatic heterocycles. The number of nitrogens with two attached hydrogens (primary N) is 1. The number of anilines is 1. The Labute approximate surface area is 131 Å². The summed E-state index contributed by atoms with van der Waals surface area (Å²) in [4.78, 5) is 23.5. The van der Waals surface area contributed by atoms with Crippen LogP contribution in [0.3, 0.4) is 0 Å². The van der Waals surface area contributed by atoms with Gasteiger partial charge in [-0.2, -0.15) is 0 Å². The van der Waals surface area contributed by atoms with Gasteiger partial charge in [-0.05, 0) is 44.5 Å². The zero-order valence-electron chi connectivity index (χ0n) is 12.6. The molecule has 1 unspecified atom stereocenters. The highest BCUT2D eigenvalue weighted by molar-refractivity contribution is 5.98. The average molecular weight is 315 g/mol. The molecule has 0 aliphatic carbocycles. The lowest BCUT2D eigenvalue weighted by Crippen LogP contribution is -2.48. The van der Waals surface area contributed by atoms with Gasteiger partial charge >= 0.3 is 5.97 Å². The first-order valence-corrected chi connectivity index (χ1v) is 6.78. The number of hydrogen-bond acceptors (Lipinski definition) is 4. The Balaban J connectivity index is 0.00000400. The van der Waals surface area contributed by atoms with Crippen molar-refractivity contribution in [1.29, 1.82) is 0 Å². The summed E-state index contributed by atoms with van der Waals surface area (Å²) >= 11 is 0. The number of carbonyl (C=O) groups excluding carboxylic acids is 2. The number of rotatable bonds is 6. The first-order valence-electron chi connectivity index (χ1n) is 6.78. The minimum atomic E-state index is -0.894. The Hall–Kier alpha value is -1.59. The van der Waals surface area contributed by atoms with Crippen LogP contribution in [0.2, 0.25) is 0 Å². The van der Waals surface area contributed by atoms with E-state index in [0.717, 1.165) is 6.42 Å². The molecule has 3 N–H and O–H groups in total. The largest absolute Gasteiger partial charge is 0.462 e. The van der Waals surface area contributed by atoms with E-state index >= 15 is 0 Å². The van der Waals surface area contributed by atoms with E-state index in [9.17, 15) is 9.59 Å². The van der Waals surface area contributed by atoms with Crippen LogP contribution < -0.4 is 11.1 Å². The van der Waals surface area contributed by atoms with Gasteiger partial charge in [-0.1, -0.05) is 13.3 Å². The number of hydrogen-bond donors (Lipinski definition) is 2. The smallest absolute Gasteiger partial charge is 0.338 e. The molecule has 1 aromatic carbocycles. The van der Waals surface area contributed by atoms with Crippen molar-refractivity contribution in [2.75, 3.05) is 11.9 Å². The standard InChI is InChI=1S/C15H22N2O3.ClH/c1-4-10-15(3,16)14(19)17-12-8-6-11(7-9-12)13(18)20-5-2;/h6-9H,4-5,10,16H2,1-3H3,(H,17,19);1H. The van der Waals surface area contributed by atoms with Crippen LogP contribution in [0.15, 0.2) is 24.3 Å². The SMILES string of the molecule is CCCC(C)(N)C(=O)Nc1ccc(C(=O)OCC)cc1.Cl. The molecule has 0 bridgehead atoms. The molecule has 0 aliphatic heterocycles. The molecule has 1 amide bonds. The summed E-state index contributed by atoms with van der Waals surface area (Å²) < 4.78 is 4.89. The van der Waals surface area contributed by atoms with E-state index < -0.39 is 5.54 Å². The van der Waals surface area contributed by atoms with E-state index in [-0.39, 0.29) is 24.3 Å². The third kappa shape index (κ3) is 5.73. The molecule has 0 heterocycles. The number of nitrogens with one attached hydrogen (secondary N) is 1. The summed E-state index contributed by atoms with van der Waals surface area (Å²) in [6.45, 7) is 5.77. The molecule has 0 fully saturated rings. The van der Waals surface area contributed by atoms with Gasteiger partial charge in [0.05, 0.1) is 17.7 Å². The van der Waals surface area contributed by atoms with Gasteiger partial charge in [-0.3, -0.25) is 4.79 Å². The lowest BCUT2D eigenvalue weighted by Gasteiger charge is -2.22. The maximum atomic E-state index is 12.0. The van der Waals surface area contributed by atoms with Gasteiger partial charge in [0.2, 0.25) is 5.91 Å². The molecule has 1 aromatic rings. The fourth-order valence-electron chi connectivity index (χ4n) is 1.81. The molecule has 0 aliphatic rings. The van der Waals surface area contributed by atoms with Crippen molar-refractivity contribution in [3.8, 4) is 0 Å². The van der Waals surface area contributed by atoms with Gasteiger partial charge in [0, 0.05) is 5.69 Å². The average Bonchev–Trinajstić information content (AvgIpc) is 2.39. The minimum Gasteiger partial charge on any atom is -0.462 e. The fourth-order valence-corrected chi connectivity index (χ4v) is 1.81. The molecule has 5 nitrogen and oxygen atoms in total. The second-order valence-corrected chi connectivity index (χ2v) is 4.92. The summed E-state index contributed by atoms with van der Waals surface area (Å²) in [5, 5.41) is 2.75. The molecule has 0 spiro atoms. The Morgan fingerprint density at radius 2 is 1.81 bits per heavy atom. The third-order valence-electron chi connectivity index (χ3n) is 2.94. The van der Waals surface area contributed by atoms with Crippen molar-refractivity contribution in [1.82, 2.24) is 0 Å². The van der Waals surface area contributed by atoms with Crippen LogP contribution in [0.4, 0.5) is 5.69 Å². The zero-order valence-corrected chi connectivity index (χ0v) is 13.5. The van der Waals surface area contributed by atoms with Crippen molar-refractivity contribution in [2.45, 2.75) is 39.2 Å². The molecule has 1 atom stereocenters. The highest BCUT2D eigenvalue weighted by Gasteiger charge is 2.27. The van der Waals surface area contributed by atoms with Gasteiger partial charge < -0.3 is 15.8 Å². The minimum absolute atomic E-state index is 0. The van der Waals surface area contributed by atoms with Crippen LogP contribution in [-0.4, -0.2) is 24.0 Å². The predicted octanol–water partition coefficient (Wildman–Crippen LogP) is 2.74. The molecule has 1 rings (SSSR count). The monoisotopic (exact) mass is 314 g/mol. The van der Waals surface area contributed by atoms with E-state index in [1.165, 1.54) is 0 Å². The molecule has 0 radical (unpaired) electrons. The first-order chi connectivity index (χ1) is 9.40. The van der Waals surface area contributed by atoms with Crippen molar-refractivity contribution < 1.29 is 14.3 Å². The summed E-state index contributed by atoms with van der Waals surface area (Å²) in [5.74, 6) is -0.608. The van der Waals surface area contributed by atoms with Gasteiger partial charge in [-0.25, -0.2) is 4.79 Å².